The number of rotatable bonds is 4. The average Bonchev–Trinajstić information content (AvgIpc) is 2.17. The van der Waals surface area contributed by atoms with E-state index in [9.17, 15) is 13.2 Å². The van der Waals surface area contributed by atoms with Crippen molar-refractivity contribution in [2.75, 3.05) is 0 Å². The summed E-state index contributed by atoms with van der Waals surface area (Å²) in [6, 6.07) is -0.227. The Balaban J connectivity index is 2.52. The maximum absolute atomic E-state index is 12.2. The van der Waals surface area contributed by atoms with Gasteiger partial charge in [0.15, 0.2) is 0 Å². The van der Waals surface area contributed by atoms with Crippen LogP contribution in [0.4, 0.5) is 13.2 Å². The van der Waals surface area contributed by atoms with Gasteiger partial charge in [-0.2, -0.15) is 13.2 Å². The number of nitrogens with one attached hydrogen (secondary N) is 1. The SMILES string of the molecule is CC1(C(CCC(F)(F)F)NN)CCCCC1. The highest BCUT2D eigenvalue weighted by Crippen LogP contribution is 2.40. The molecule has 1 unspecified atom stereocenters. The van der Waals surface area contributed by atoms with E-state index in [0.717, 1.165) is 25.7 Å². The molecule has 0 radical (unpaired) electrons. The molecular formula is C11H21F3N2. The van der Waals surface area contributed by atoms with Crippen molar-refractivity contribution in [3.63, 3.8) is 0 Å². The number of alkyl halides is 3. The van der Waals surface area contributed by atoms with Gasteiger partial charge in [0.05, 0.1) is 0 Å². The molecule has 0 aromatic carbocycles. The highest BCUT2D eigenvalue weighted by atomic mass is 19.4. The summed E-state index contributed by atoms with van der Waals surface area (Å²) in [5.74, 6) is 5.40. The fourth-order valence-electron chi connectivity index (χ4n) is 2.65. The lowest BCUT2D eigenvalue weighted by Crippen LogP contribution is -2.48. The molecule has 3 N–H and O–H groups in total. The molecule has 0 aromatic rings. The van der Waals surface area contributed by atoms with Gasteiger partial charge in [-0.3, -0.25) is 11.3 Å². The second-order valence-electron chi connectivity index (χ2n) is 5.09. The van der Waals surface area contributed by atoms with Gasteiger partial charge in [-0.25, -0.2) is 0 Å². The standard InChI is InChI=1S/C11H21F3N2/c1-10(6-3-2-4-7-10)9(16-15)5-8-11(12,13)14/h9,16H,2-8,15H2,1H3. The average molecular weight is 238 g/mol. The molecule has 96 valence electrons. The molecule has 0 spiro atoms. The first-order chi connectivity index (χ1) is 7.37. The maximum atomic E-state index is 12.2. The third kappa shape index (κ3) is 3.94. The second kappa shape index (κ2) is 5.36. The first-order valence-corrected chi connectivity index (χ1v) is 5.90. The van der Waals surface area contributed by atoms with Crippen molar-refractivity contribution in [2.45, 2.75) is 64.1 Å². The molecule has 16 heavy (non-hydrogen) atoms. The monoisotopic (exact) mass is 238 g/mol. The molecule has 1 atom stereocenters. The normalized spacial score (nSPS) is 23.1. The summed E-state index contributed by atoms with van der Waals surface area (Å²) < 4.78 is 36.5. The summed E-state index contributed by atoms with van der Waals surface area (Å²) in [4.78, 5) is 0. The minimum Gasteiger partial charge on any atom is -0.271 e. The van der Waals surface area contributed by atoms with Gasteiger partial charge in [0.1, 0.15) is 0 Å². The first kappa shape index (κ1) is 13.8. The van der Waals surface area contributed by atoms with E-state index in [1.807, 2.05) is 6.92 Å². The van der Waals surface area contributed by atoms with Crippen molar-refractivity contribution < 1.29 is 13.2 Å². The molecule has 0 aliphatic heterocycles. The van der Waals surface area contributed by atoms with Crippen LogP contribution in [0.15, 0.2) is 0 Å². The zero-order chi connectivity index (χ0) is 12.2. The van der Waals surface area contributed by atoms with Crippen LogP contribution in [0.2, 0.25) is 0 Å². The topological polar surface area (TPSA) is 38.0 Å². The third-order valence-electron chi connectivity index (χ3n) is 3.75. The van der Waals surface area contributed by atoms with E-state index in [-0.39, 0.29) is 17.9 Å². The number of hydrogen-bond donors (Lipinski definition) is 2. The van der Waals surface area contributed by atoms with E-state index in [2.05, 4.69) is 5.43 Å². The van der Waals surface area contributed by atoms with Gasteiger partial charge in [-0.1, -0.05) is 26.2 Å². The quantitative estimate of drug-likeness (QED) is 0.583. The van der Waals surface area contributed by atoms with Gasteiger partial charge >= 0.3 is 6.18 Å². The van der Waals surface area contributed by atoms with E-state index in [0.29, 0.717) is 0 Å². The van der Waals surface area contributed by atoms with Crippen molar-refractivity contribution in [3.05, 3.63) is 0 Å². The number of halogens is 3. The van der Waals surface area contributed by atoms with Gasteiger partial charge < -0.3 is 0 Å². The summed E-state index contributed by atoms with van der Waals surface area (Å²) in [6.45, 7) is 2.05. The number of hydrazine groups is 1. The number of hydrogen-bond acceptors (Lipinski definition) is 2. The second-order valence-corrected chi connectivity index (χ2v) is 5.09. The Bertz CT molecular complexity index is 210. The Kier molecular flexibility index (Phi) is 4.62. The smallest absolute Gasteiger partial charge is 0.271 e. The van der Waals surface area contributed by atoms with Gasteiger partial charge in [0, 0.05) is 12.5 Å². The van der Waals surface area contributed by atoms with Crippen LogP contribution in [0, 0.1) is 5.41 Å². The summed E-state index contributed by atoms with van der Waals surface area (Å²) >= 11 is 0. The largest absolute Gasteiger partial charge is 0.389 e. The van der Waals surface area contributed by atoms with Crippen LogP contribution >= 0.6 is 0 Å². The summed E-state index contributed by atoms with van der Waals surface area (Å²) in [6.07, 6.45) is 0.571. The fraction of sp³-hybridized carbons (Fsp3) is 1.00. The zero-order valence-electron chi connectivity index (χ0n) is 9.74. The molecule has 1 saturated carbocycles. The molecule has 5 heteroatoms. The van der Waals surface area contributed by atoms with Crippen LogP contribution in [0.5, 0.6) is 0 Å². The van der Waals surface area contributed by atoms with Crippen molar-refractivity contribution in [3.8, 4) is 0 Å². The van der Waals surface area contributed by atoms with Gasteiger partial charge in [0.25, 0.3) is 0 Å². The van der Waals surface area contributed by atoms with Gasteiger partial charge in [-0.15, -0.1) is 0 Å². The molecule has 1 rings (SSSR count). The van der Waals surface area contributed by atoms with Gasteiger partial charge in [0.2, 0.25) is 0 Å². The lowest BCUT2D eigenvalue weighted by atomic mass is 9.69. The van der Waals surface area contributed by atoms with Gasteiger partial charge in [-0.05, 0) is 24.7 Å². The third-order valence-corrected chi connectivity index (χ3v) is 3.75. The first-order valence-electron chi connectivity index (χ1n) is 5.90. The van der Waals surface area contributed by atoms with Crippen LogP contribution in [0.1, 0.15) is 51.9 Å². The zero-order valence-corrected chi connectivity index (χ0v) is 9.74. The highest BCUT2D eigenvalue weighted by molar-refractivity contribution is 4.89. The molecule has 1 aliphatic carbocycles. The van der Waals surface area contributed by atoms with E-state index in [1.165, 1.54) is 6.42 Å². The Morgan fingerprint density at radius 3 is 2.25 bits per heavy atom. The molecular weight excluding hydrogens is 217 g/mol. The maximum Gasteiger partial charge on any atom is 0.389 e. The van der Waals surface area contributed by atoms with Crippen LogP contribution in [-0.4, -0.2) is 12.2 Å². The Hall–Kier alpha value is -0.290. The highest BCUT2D eigenvalue weighted by Gasteiger charge is 2.37. The predicted molar refractivity (Wildman–Crippen MR) is 57.6 cm³/mol. The fourth-order valence-corrected chi connectivity index (χ4v) is 2.65. The molecule has 2 nitrogen and oxygen atoms in total. The molecule has 0 aromatic heterocycles. The van der Waals surface area contributed by atoms with E-state index in [4.69, 9.17) is 5.84 Å². The van der Waals surface area contributed by atoms with Crippen LogP contribution in [-0.2, 0) is 0 Å². The predicted octanol–water partition coefficient (Wildman–Crippen LogP) is 3.13. The van der Waals surface area contributed by atoms with Crippen LogP contribution < -0.4 is 11.3 Å². The molecule has 1 fully saturated rings. The molecule has 0 amide bonds. The van der Waals surface area contributed by atoms with Crippen LogP contribution in [0.25, 0.3) is 0 Å². The van der Waals surface area contributed by atoms with Crippen molar-refractivity contribution in [2.24, 2.45) is 11.3 Å². The minimum atomic E-state index is -4.08. The van der Waals surface area contributed by atoms with E-state index in [1.54, 1.807) is 0 Å². The Labute approximate surface area is 94.7 Å². The Morgan fingerprint density at radius 1 is 1.25 bits per heavy atom. The van der Waals surface area contributed by atoms with Crippen molar-refractivity contribution in [1.82, 2.24) is 5.43 Å². The summed E-state index contributed by atoms with van der Waals surface area (Å²) in [7, 11) is 0. The lowest BCUT2D eigenvalue weighted by Gasteiger charge is -2.40. The molecule has 0 bridgehead atoms. The van der Waals surface area contributed by atoms with E-state index < -0.39 is 12.6 Å². The molecule has 0 heterocycles. The van der Waals surface area contributed by atoms with Crippen LogP contribution in [0.3, 0.4) is 0 Å². The summed E-state index contributed by atoms with van der Waals surface area (Å²) in [5.41, 5.74) is 2.51. The lowest BCUT2D eigenvalue weighted by molar-refractivity contribution is -0.138. The Morgan fingerprint density at radius 2 is 1.81 bits per heavy atom. The minimum absolute atomic E-state index is 0.0712. The molecule has 0 saturated heterocycles. The summed E-state index contributed by atoms with van der Waals surface area (Å²) in [5, 5.41) is 0. The van der Waals surface area contributed by atoms with E-state index >= 15 is 0 Å². The van der Waals surface area contributed by atoms with Crippen molar-refractivity contribution in [1.29, 1.82) is 0 Å². The van der Waals surface area contributed by atoms with Crippen molar-refractivity contribution >= 4 is 0 Å². The molecule has 1 aliphatic rings. The number of nitrogens with two attached hydrogens (primary N) is 1.